The number of hydrogen-bond donors (Lipinski definition) is 1. The molecule has 1 heterocycles. The number of rotatable bonds is 3. The molecule has 3 aliphatic rings. The number of nitrogens with zero attached hydrogens (tertiary/aromatic N) is 1. The van der Waals surface area contributed by atoms with Crippen LogP contribution in [0.25, 0.3) is 11.1 Å². The van der Waals surface area contributed by atoms with Crippen LogP contribution in [0.4, 0.5) is 4.79 Å². The van der Waals surface area contributed by atoms with Gasteiger partial charge in [-0.1, -0.05) is 67.8 Å². The lowest BCUT2D eigenvalue weighted by Crippen LogP contribution is -2.58. The molecule has 1 spiro atoms. The van der Waals surface area contributed by atoms with Crippen LogP contribution in [0.3, 0.4) is 0 Å². The third-order valence-corrected chi connectivity index (χ3v) is 7.62. The van der Waals surface area contributed by atoms with E-state index in [9.17, 15) is 14.7 Å². The molecule has 1 unspecified atom stereocenters. The Morgan fingerprint density at radius 2 is 1.55 bits per heavy atom. The quantitative estimate of drug-likeness (QED) is 0.720. The minimum absolute atomic E-state index is 0.0127. The molecule has 5 rings (SSSR count). The average Bonchev–Trinajstić information content (AvgIpc) is 3.12. The summed E-state index contributed by atoms with van der Waals surface area (Å²) >= 11 is 0. The summed E-state index contributed by atoms with van der Waals surface area (Å²) in [6, 6.07) is 16.6. The van der Waals surface area contributed by atoms with Gasteiger partial charge in [0.15, 0.2) is 0 Å². The number of carbonyl (C=O) groups excluding carboxylic acids is 1. The number of carboxylic acids is 1. The number of likely N-dealkylation sites (tertiary alicyclic amines) is 1. The minimum Gasteiger partial charge on any atom is -0.481 e. The molecule has 1 N–H and O–H groups in total. The highest BCUT2D eigenvalue weighted by Gasteiger charge is 2.47. The van der Waals surface area contributed by atoms with Crippen molar-refractivity contribution in [2.75, 3.05) is 13.2 Å². The molecule has 5 nitrogen and oxygen atoms in total. The number of fused-ring (bicyclic) bond motifs is 3. The van der Waals surface area contributed by atoms with Crippen molar-refractivity contribution in [1.82, 2.24) is 4.90 Å². The maximum atomic E-state index is 13.3. The Kier molecular flexibility index (Phi) is 5.20. The topological polar surface area (TPSA) is 66.8 Å². The van der Waals surface area contributed by atoms with E-state index in [-0.39, 0.29) is 30.7 Å². The fourth-order valence-corrected chi connectivity index (χ4v) is 5.95. The minimum atomic E-state index is -0.817. The molecule has 2 aromatic rings. The molecule has 1 saturated carbocycles. The fourth-order valence-electron chi connectivity index (χ4n) is 5.95. The van der Waals surface area contributed by atoms with E-state index in [4.69, 9.17) is 4.74 Å². The summed E-state index contributed by atoms with van der Waals surface area (Å²) in [5.74, 6) is -1.31. The van der Waals surface area contributed by atoms with Gasteiger partial charge in [-0.25, -0.2) is 4.79 Å². The molecule has 5 heteroatoms. The van der Waals surface area contributed by atoms with Crippen molar-refractivity contribution < 1.29 is 19.4 Å². The molecule has 162 valence electrons. The fraction of sp³-hybridized carbons (Fsp3) is 0.462. The van der Waals surface area contributed by atoms with Crippen LogP contribution in [0, 0.1) is 5.92 Å². The van der Waals surface area contributed by atoms with Gasteiger partial charge >= 0.3 is 12.1 Å². The molecule has 1 aliphatic heterocycles. The second-order valence-corrected chi connectivity index (χ2v) is 9.27. The van der Waals surface area contributed by atoms with Gasteiger partial charge in [-0.3, -0.25) is 4.79 Å². The zero-order valence-electron chi connectivity index (χ0n) is 17.8. The highest BCUT2D eigenvalue weighted by molar-refractivity contribution is 5.79. The van der Waals surface area contributed by atoms with Crippen molar-refractivity contribution in [3.8, 4) is 11.1 Å². The van der Waals surface area contributed by atoms with Crippen molar-refractivity contribution in [3.05, 3.63) is 59.7 Å². The van der Waals surface area contributed by atoms with E-state index in [1.54, 1.807) is 4.90 Å². The summed E-state index contributed by atoms with van der Waals surface area (Å²) in [5, 5.41) is 9.57. The first kappa shape index (κ1) is 20.1. The zero-order chi connectivity index (χ0) is 21.4. The van der Waals surface area contributed by atoms with Crippen molar-refractivity contribution >= 4 is 12.1 Å². The zero-order valence-corrected chi connectivity index (χ0v) is 17.8. The molecular weight excluding hydrogens is 390 g/mol. The number of carbonyl (C=O) groups is 2. The van der Waals surface area contributed by atoms with Crippen LogP contribution < -0.4 is 0 Å². The summed E-state index contributed by atoms with van der Waals surface area (Å²) in [7, 11) is 0. The van der Waals surface area contributed by atoms with Crippen LogP contribution in [-0.4, -0.2) is 40.8 Å². The molecule has 2 aromatic carbocycles. The molecule has 0 aromatic heterocycles. The van der Waals surface area contributed by atoms with Gasteiger partial charge in [0.2, 0.25) is 0 Å². The molecule has 0 bridgehead atoms. The number of carboxylic acid groups (broad SMARTS) is 1. The smallest absolute Gasteiger partial charge is 0.410 e. The van der Waals surface area contributed by atoms with E-state index in [0.29, 0.717) is 6.42 Å². The highest BCUT2D eigenvalue weighted by Crippen LogP contribution is 2.45. The Morgan fingerprint density at radius 3 is 2.16 bits per heavy atom. The predicted octanol–water partition coefficient (Wildman–Crippen LogP) is 5.44. The van der Waals surface area contributed by atoms with Crippen LogP contribution in [0.15, 0.2) is 48.5 Å². The second-order valence-electron chi connectivity index (χ2n) is 9.27. The predicted molar refractivity (Wildman–Crippen MR) is 118 cm³/mol. The van der Waals surface area contributed by atoms with E-state index in [2.05, 4.69) is 24.3 Å². The van der Waals surface area contributed by atoms with E-state index in [0.717, 1.165) is 32.1 Å². The third-order valence-electron chi connectivity index (χ3n) is 7.62. The van der Waals surface area contributed by atoms with E-state index in [1.165, 1.54) is 28.7 Å². The lowest BCUT2D eigenvalue weighted by Gasteiger charge is -2.50. The van der Waals surface area contributed by atoms with Gasteiger partial charge in [0.05, 0.1) is 5.92 Å². The van der Waals surface area contributed by atoms with Gasteiger partial charge in [-0.05, 0) is 47.9 Å². The maximum absolute atomic E-state index is 13.3. The molecule has 1 atom stereocenters. The Balaban J connectivity index is 1.37. The van der Waals surface area contributed by atoms with E-state index < -0.39 is 11.9 Å². The third kappa shape index (κ3) is 3.50. The van der Waals surface area contributed by atoms with Crippen LogP contribution >= 0.6 is 0 Å². The van der Waals surface area contributed by atoms with E-state index in [1.807, 2.05) is 24.3 Å². The van der Waals surface area contributed by atoms with Crippen molar-refractivity contribution in [1.29, 1.82) is 0 Å². The number of piperidine rings is 1. The standard InChI is InChI=1S/C26H29NO4/c28-24(29)18-12-15-26(13-6-1-7-14-26)27(16-18)25(30)31-17-23-21-10-4-2-8-19(21)20-9-3-5-11-22(20)23/h2-5,8-11,18,23H,1,6-7,12-17H2,(H,28,29). The first-order chi connectivity index (χ1) is 15.1. The lowest BCUT2D eigenvalue weighted by molar-refractivity contribution is -0.145. The SMILES string of the molecule is O=C(O)C1CCC2(CCCCC2)N(C(=O)OCC2c3ccccc3-c3ccccc32)C1. The summed E-state index contributed by atoms with van der Waals surface area (Å²) in [4.78, 5) is 26.8. The normalized spacial score (nSPS) is 22.1. The average molecular weight is 420 g/mol. The Morgan fingerprint density at radius 1 is 0.935 bits per heavy atom. The second kappa shape index (κ2) is 8.03. The molecule has 1 amide bonds. The summed E-state index contributed by atoms with van der Waals surface area (Å²) in [5.41, 5.74) is 4.54. The largest absolute Gasteiger partial charge is 0.481 e. The first-order valence-corrected chi connectivity index (χ1v) is 11.4. The monoisotopic (exact) mass is 419 g/mol. The molecular formula is C26H29NO4. The van der Waals surface area contributed by atoms with Crippen molar-refractivity contribution in [2.24, 2.45) is 5.92 Å². The first-order valence-electron chi connectivity index (χ1n) is 11.4. The molecule has 0 radical (unpaired) electrons. The Hall–Kier alpha value is -2.82. The number of amides is 1. The summed E-state index contributed by atoms with van der Waals surface area (Å²) in [6.45, 7) is 0.531. The van der Waals surface area contributed by atoms with Gasteiger partial charge in [0.25, 0.3) is 0 Å². The Bertz CT molecular complexity index is 949. The molecule has 31 heavy (non-hydrogen) atoms. The van der Waals surface area contributed by atoms with Gasteiger partial charge in [0.1, 0.15) is 6.61 Å². The summed E-state index contributed by atoms with van der Waals surface area (Å²) < 4.78 is 5.93. The summed E-state index contributed by atoms with van der Waals surface area (Å²) in [6.07, 6.45) is 6.30. The number of benzene rings is 2. The van der Waals surface area contributed by atoms with Crippen LogP contribution in [0.2, 0.25) is 0 Å². The molecule has 1 saturated heterocycles. The van der Waals surface area contributed by atoms with Crippen molar-refractivity contribution in [2.45, 2.75) is 56.4 Å². The number of hydrogen-bond acceptors (Lipinski definition) is 3. The van der Waals surface area contributed by atoms with Crippen LogP contribution in [0.5, 0.6) is 0 Å². The van der Waals surface area contributed by atoms with Gasteiger partial charge in [0, 0.05) is 18.0 Å². The van der Waals surface area contributed by atoms with Gasteiger partial charge in [-0.15, -0.1) is 0 Å². The number of aliphatic carboxylic acids is 1. The highest BCUT2D eigenvalue weighted by atomic mass is 16.6. The number of ether oxygens (including phenoxy) is 1. The van der Waals surface area contributed by atoms with Crippen LogP contribution in [0.1, 0.15) is 62.0 Å². The van der Waals surface area contributed by atoms with Crippen LogP contribution in [-0.2, 0) is 9.53 Å². The lowest BCUT2D eigenvalue weighted by atomic mass is 9.73. The maximum Gasteiger partial charge on any atom is 0.410 e. The van der Waals surface area contributed by atoms with Crippen molar-refractivity contribution in [3.63, 3.8) is 0 Å². The van der Waals surface area contributed by atoms with Gasteiger partial charge < -0.3 is 14.7 Å². The Labute approximate surface area is 183 Å². The van der Waals surface area contributed by atoms with Gasteiger partial charge in [-0.2, -0.15) is 0 Å². The molecule has 2 aliphatic carbocycles. The molecule has 2 fully saturated rings. The van der Waals surface area contributed by atoms with E-state index >= 15 is 0 Å².